The molecule has 0 aliphatic heterocycles. The van der Waals surface area contributed by atoms with Crippen molar-refractivity contribution < 1.29 is 9.90 Å². The zero-order valence-electron chi connectivity index (χ0n) is 17.1. The highest BCUT2D eigenvalue weighted by molar-refractivity contribution is 5.95. The van der Waals surface area contributed by atoms with Gasteiger partial charge in [0.05, 0.1) is 24.1 Å². The van der Waals surface area contributed by atoms with Crippen molar-refractivity contribution in [2.45, 2.75) is 0 Å². The van der Waals surface area contributed by atoms with Gasteiger partial charge in [0.25, 0.3) is 5.91 Å². The van der Waals surface area contributed by atoms with Crippen LogP contribution in [0.2, 0.25) is 0 Å². The van der Waals surface area contributed by atoms with Crippen molar-refractivity contribution in [3.8, 4) is 5.75 Å². The number of carbonyl (C=O) groups is 1. The summed E-state index contributed by atoms with van der Waals surface area (Å²) in [5.74, 6) is -0.288. The fourth-order valence-corrected chi connectivity index (χ4v) is 3.09. The van der Waals surface area contributed by atoms with Gasteiger partial charge in [-0.1, -0.05) is 54.6 Å². The molecule has 0 aliphatic rings. The lowest BCUT2D eigenvalue weighted by Crippen LogP contribution is -2.25. The smallest absolute Gasteiger partial charge is 0.259 e. The average Bonchev–Trinajstić information content (AvgIpc) is 2.83. The summed E-state index contributed by atoms with van der Waals surface area (Å²) in [6.45, 7) is 0.0582. The van der Waals surface area contributed by atoms with Crippen LogP contribution in [0.15, 0.2) is 106 Å². The Hall–Kier alpha value is -4.52. The van der Waals surface area contributed by atoms with Crippen LogP contribution in [0, 0.1) is 0 Å². The molecule has 0 aromatic heterocycles. The Kier molecular flexibility index (Phi) is 6.48. The molecule has 4 rings (SSSR count). The predicted molar refractivity (Wildman–Crippen MR) is 127 cm³/mol. The first-order valence-corrected chi connectivity index (χ1v) is 10.0. The van der Waals surface area contributed by atoms with E-state index in [9.17, 15) is 9.90 Å². The number of fused-ring (bicyclic) bond motifs is 1. The second-order valence-corrected chi connectivity index (χ2v) is 6.95. The van der Waals surface area contributed by atoms with E-state index in [4.69, 9.17) is 0 Å². The Morgan fingerprint density at radius 3 is 2.47 bits per heavy atom. The molecule has 158 valence electrons. The van der Waals surface area contributed by atoms with Crippen molar-refractivity contribution in [1.29, 1.82) is 0 Å². The Balaban J connectivity index is 1.36. The van der Waals surface area contributed by atoms with Crippen LogP contribution in [-0.4, -0.2) is 23.8 Å². The lowest BCUT2D eigenvalue weighted by molar-refractivity contribution is -0.119. The van der Waals surface area contributed by atoms with Gasteiger partial charge in [-0.2, -0.15) is 15.3 Å². The molecule has 3 N–H and O–H groups in total. The van der Waals surface area contributed by atoms with E-state index in [-0.39, 0.29) is 18.2 Å². The summed E-state index contributed by atoms with van der Waals surface area (Å²) in [7, 11) is 0. The molecule has 0 aliphatic carbocycles. The average molecular weight is 423 g/mol. The van der Waals surface area contributed by atoms with Crippen molar-refractivity contribution in [2.24, 2.45) is 15.3 Å². The number of azo groups is 1. The fourth-order valence-electron chi connectivity index (χ4n) is 3.09. The normalized spacial score (nSPS) is 11.2. The van der Waals surface area contributed by atoms with E-state index in [1.165, 1.54) is 12.3 Å². The van der Waals surface area contributed by atoms with E-state index in [0.717, 1.165) is 22.1 Å². The summed E-state index contributed by atoms with van der Waals surface area (Å²) in [4.78, 5) is 12.2. The lowest BCUT2D eigenvalue weighted by atomic mass is 10.1. The van der Waals surface area contributed by atoms with Gasteiger partial charge in [0.15, 0.2) is 0 Å². The third kappa shape index (κ3) is 5.34. The highest BCUT2D eigenvalue weighted by Gasteiger charge is 2.04. The van der Waals surface area contributed by atoms with Gasteiger partial charge in [-0.15, -0.1) is 0 Å². The van der Waals surface area contributed by atoms with Crippen LogP contribution in [0.4, 0.5) is 17.1 Å². The minimum Gasteiger partial charge on any atom is -0.507 e. The van der Waals surface area contributed by atoms with E-state index in [1.807, 2.05) is 72.8 Å². The highest BCUT2D eigenvalue weighted by atomic mass is 16.3. The first kappa shape index (κ1) is 20.7. The van der Waals surface area contributed by atoms with E-state index < -0.39 is 0 Å². The number of phenolic OH excluding ortho intramolecular Hbond substituents is 1. The SMILES string of the molecule is O=C(CNc1cccc2ccccc12)N/N=C/c1cc(N=Nc2ccccc2)ccc1O. The van der Waals surface area contributed by atoms with Crippen molar-refractivity contribution in [2.75, 3.05) is 11.9 Å². The summed E-state index contributed by atoms with van der Waals surface area (Å²) in [5.41, 5.74) is 5.02. The van der Waals surface area contributed by atoms with Gasteiger partial charge in [-0.3, -0.25) is 4.79 Å². The predicted octanol–water partition coefficient (Wildman–Crippen LogP) is 5.52. The highest BCUT2D eigenvalue weighted by Crippen LogP contribution is 2.24. The molecule has 32 heavy (non-hydrogen) atoms. The topological polar surface area (TPSA) is 98.4 Å². The quantitative estimate of drug-likeness (QED) is 0.207. The number of nitrogens with zero attached hydrogens (tertiary/aromatic N) is 3. The van der Waals surface area contributed by atoms with Gasteiger partial charge in [0.1, 0.15) is 5.75 Å². The number of hydrogen-bond acceptors (Lipinski definition) is 6. The minimum atomic E-state index is -0.311. The summed E-state index contributed by atoms with van der Waals surface area (Å²) >= 11 is 0. The van der Waals surface area contributed by atoms with Crippen LogP contribution >= 0.6 is 0 Å². The van der Waals surface area contributed by atoms with Gasteiger partial charge in [0.2, 0.25) is 0 Å². The molecule has 4 aromatic rings. The van der Waals surface area contributed by atoms with Gasteiger partial charge in [-0.25, -0.2) is 5.43 Å². The van der Waals surface area contributed by atoms with Gasteiger partial charge < -0.3 is 10.4 Å². The van der Waals surface area contributed by atoms with Crippen LogP contribution in [0.5, 0.6) is 5.75 Å². The number of hydrazone groups is 1. The van der Waals surface area contributed by atoms with E-state index in [2.05, 4.69) is 26.1 Å². The molecule has 0 spiro atoms. The molecule has 0 unspecified atom stereocenters. The molecule has 0 fully saturated rings. The summed E-state index contributed by atoms with van der Waals surface area (Å²) < 4.78 is 0. The number of benzene rings is 4. The molecular formula is C25H21N5O2. The number of hydrogen-bond donors (Lipinski definition) is 3. The van der Waals surface area contributed by atoms with Gasteiger partial charge in [0, 0.05) is 16.6 Å². The Morgan fingerprint density at radius 2 is 1.59 bits per heavy atom. The van der Waals surface area contributed by atoms with E-state index in [0.29, 0.717) is 11.3 Å². The maximum Gasteiger partial charge on any atom is 0.259 e. The number of aromatic hydroxyl groups is 1. The van der Waals surface area contributed by atoms with Crippen molar-refractivity contribution >= 4 is 40.0 Å². The lowest BCUT2D eigenvalue weighted by Gasteiger charge is -2.08. The Labute approximate surface area is 185 Å². The number of nitrogens with one attached hydrogen (secondary N) is 2. The standard InChI is InChI=1S/C25H21N5O2/c31-24-14-13-21(29-28-20-9-2-1-3-10-20)15-19(24)16-27-30-25(32)17-26-23-12-6-8-18-7-4-5-11-22(18)23/h1-16,26,31H,17H2,(H,30,32)/b27-16+,29-28?. The monoisotopic (exact) mass is 423 g/mol. The van der Waals surface area contributed by atoms with Crippen LogP contribution < -0.4 is 10.7 Å². The number of anilines is 1. The van der Waals surface area contributed by atoms with Gasteiger partial charge in [-0.05, 0) is 41.8 Å². The maximum atomic E-state index is 12.2. The first-order valence-electron chi connectivity index (χ1n) is 10.0. The number of rotatable bonds is 7. The molecule has 0 atom stereocenters. The molecule has 0 heterocycles. The molecule has 7 nitrogen and oxygen atoms in total. The summed E-state index contributed by atoms with van der Waals surface area (Å²) in [5, 5.41) is 27.6. The second-order valence-electron chi connectivity index (χ2n) is 6.95. The van der Waals surface area contributed by atoms with Crippen molar-refractivity contribution in [3.05, 3.63) is 96.6 Å². The number of amides is 1. The molecular weight excluding hydrogens is 402 g/mol. The second kappa shape index (κ2) is 9.99. The zero-order chi connectivity index (χ0) is 22.2. The minimum absolute atomic E-state index is 0.0236. The molecule has 0 radical (unpaired) electrons. The molecule has 0 saturated heterocycles. The molecule has 0 saturated carbocycles. The molecule has 1 amide bonds. The van der Waals surface area contributed by atoms with Crippen LogP contribution in [-0.2, 0) is 4.79 Å². The van der Waals surface area contributed by atoms with Crippen LogP contribution in [0.3, 0.4) is 0 Å². The first-order chi connectivity index (χ1) is 15.7. The molecule has 7 heteroatoms. The van der Waals surface area contributed by atoms with E-state index >= 15 is 0 Å². The number of phenols is 1. The Morgan fingerprint density at radius 1 is 0.844 bits per heavy atom. The summed E-state index contributed by atoms with van der Waals surface area (Å²) in [6, 6.07) is 27.9. The van der Waals surface area contributed by atoms with Crippen molar-refractivity contribution in [3.63, 3.8) is 0 Å². The van der Waals surface area contributed by atoms with E-state index in [1.54, 1.807) is 12.1 Å². The summed E-state index contributed by atoms with van der Waals surface area (Å²) in [6.07, 6.45) is 1.37. The third-order valence-electron chi connectivity index (χ3n) is 4.67. The largest absolute Gasteiger partial charge is 0.507 e. The van der Waals surface area contributed by atoms with Crippen molar-refractivity contribution in [1.82, 2.24) is 5.43 Å². The maximum absolute atomic E-state index is 12.2. The van der Waals surface area contributed by atoms with Crippen LogP contribution in [0.25, 0.3) is 10.8 Å². The molecule has 4 aromatic carbocycles. The number of carbonyl (C=O) groups excluding carboxylic acids is 1. The Bertz CT molecular complexity index is 1280. The van der Waals surface area contributed by atoms with Gasteiger partial charge >= 0.3 is 0 Å². The third-order valence-corrected chi connectivity index (χ3v) is 4.67. The fraction of sp³-hybridized carbons (Fsp3) is 0.0400. The molecule has 0 bridgehead atoms. The zero-order valence-corrected chi connectivity index (χ0v) is 17.1. The van der Waals surface area contributed by atoms with Crippen LogP contribution in [0.1, 0.15) is 5.56 Å².